The summed E-state index contributed by atoms with van der Waals surface area (Å²) >= 11 is 6.24. The van der Waals surface area contributed by atoms with Crippen LogP contribution in [0.1, 0.15) is 58.9 Å². The fraction of sp³-hybridized carbons (Fsp3) is 0.391. The predicted octanol–water partition coefficient (Wildman–Crippen LogP) is 4.64. The molecule has 0 atom stereocenters. The summed E-state index contributed by atoms with van der Waals surface area (Å²) in [6.45, 7) is 4.66. The average Bonchev–Trinajstić information content (AvgIpc) is 3.05. The molecule has 0 radical (unpaired) electrons. The average molecular weight is 479 g/mol. The number of anilines is 1. The molecule has 32 heavy (non-hydrogen) atoms. The molecule has 0 saturated carbocycles. The molecule has 1 heterocycles. The van der Waals surface area contributed by atoms with E-state index in [1.165, 1.54) is 28.6 Å². The molecule has 2 aromatic carbocycles. The van der Waals surface area contributed by atoms with Crippen molar-refractivity contribution in [1.82, 2.24) is 4.31 Å². The summed E-state index contributed by atoms with van der Waals surface area (Å²) in [7, 11) is -3.73. The number of benzene rings is 2. The summed E-state index contributed by atoms with van der Waals surface area (Å²) < 4.78 is 32.7. The maximum atomic E-state index is 13.1. The molecule has 0 spiro atoms. The maximum Gasteiger partial charge on any atom is 0.338 e. The van der Waals surface area contributed by atoms with Crippen LogP contribution in [-0.2, 0) is 14.8 Å². The van der Waals surface area contributed by atoms with Crippen LogP contribution in [0.3, 0.4) is 0 Å². The number of carbonyl (C=O) groups is 2. The number of amides is 1. The number of rotatable bonds is 6. The molecule has 1 amide bonds. The second-order valence-electron chi connectivity index (χ2n) is 7.66. The van der Waals surface area contributed by atoms with Gasteiger partial charge < -0.3 is 10.1 Å². The van der Waals surface area contributed by atoms with Crippen molar-refractivity contribution in [3.8, 4) is 0 Å². The Morgan fingerprint density at radius 3 is 2.41 bits per heavy atom. The molecule has 172 valence electrons. The number of carbonyl (C=O) groups excluding carboxylic acids is 2. The van der Waals surface area contributed by atoms with Crippen molar-refractivity contribution in [2.75, 3.05) is 25.0 Å². The van der Waals surface area contributed by atoms with E-state index in [9.17, 15) is 18.0 Å². The minimum atomic E-state index is -3.73. The largest absolute Gasteiger partial charge is 0.462 e. The first kappa shape index (κ1) is 24.2. The number of aryl methyl sites for hydroxylation is 1. The highest BCUT2D eigenvalue weighted by atomic mass is 35.5. The first-order valence-corrected chi connectivity index (χ1v) is 12.4. The molecule has 1 saturated heterocycles. The molecule has 0 aromatic heterocycles. The van der Waals surface area contributed by atoms with Gasteiger partial charge in [0.15, 0.2) is 0 Å². The lowest BCUT2D eigenvalue weighted by Gasteiger charge is -2.20. The van der Waals surface area contributed by atoms with Gasteiger partial charge in [-0.2, -0.15) is 4.31 Å². The van der Waals surface area contributed by atoms with E-state index in [2.05, 4.69) is 5.32 Å². The van der Waals surface area contributed by atoms with Crippen LogP contribution in [0.4, 0.5) is 5.69 Å². The second-order valence-corrected chi connectivity index (χ2v) is 10.0. The number of esters is 1. The quantitative estimate of drug-likeness (QED) is 0.610. The van der Waals surface area contributed by atoms with E-state index in [1.54, 1.807) is 26.0 Å². The van der Waals surface area contributed by atoms with E-state index in [1.807, 2.05) is 0 Å². The van der Waals surface area contributed by atoms with Crippen molar-refractivity contribution in [3.63, 3.8) is 0 Å². The summed E-state index contributed by atoms with van der Waals surface area (Å²) in [5.74, 6) is -1.06. The lowest BCUT2D eigenvalue weighted by Crippen LogP contribution is -2.32. The van der Waals surface area contributed by atoms with E-state index in [0.29, 0.717) is 24.3 Å². The molecular formula is C23H27ClN2O5S. The zero-order valence-corrected chi connectivity index (χ0v) is 19.8. The topological polar surface area (TPSA) is 92.8 Å². The van der Waals surface area contributed by atoms with Crippen LogP contribution in [-0.4, -0.2) is 44.3 Å². The van der Waals surface area contributed by atoms with Crippen molar-refractivity contribution in [3.05, 3.63) is 58.1 Å². The Labute approximate surface area is 193 Å². The van der Waals surface area contributed by atoms with Crippen LogP contribution in [0.25, 0.3) is 0 Å². The van der Waals surface area contributed by atoms with E-state index < -0.39 is 21.9 Å². The molecule has 1 fully saturated rings. The minimum absolute atomic E-state index is 0.0333. The summed E-state index contributed by atoms with van der Waals surface area (Å²) in [4.78, 5) is 25.0. The van der Waals surface area contributed by atoms with Gasteiger partial charge in [0.2, 0.25) is 10.0 Å². The highest BCUT2D eigenvalue weighted by Crippen LogP contribution is 2.26. The molecule has 1 aliphatic rings. The SMILES string of the molecule is CCOC(=O)c1ccc(C)c(NC(=O)c2cc(S(=O)(=O)N3CCCCCC3)ccc2Cl)c1. The first-order chi connectivity index (χ1) is 15.2. The van der Waals surface area contributed by atoms with E-state index in [4.69, 9.17) is 16.3 Å². The van der Waals surface area contributed by atoms with Gasteiger partial charge >= 0.3 is 5.97 Å². The van der Waals surface area contributed by atoms with Gasteiger partial charge in [-0.15, -0.1) is 0 Å². The molecule has 1 aliphatic heterocycles. The maximum absolute atomic E-state index is 13.1. The molecule has 0 bridgehead atoms. The number of hydrogen-bond donors (Lipinski definition) is 1. The van der Waals surface area contributed by atoms with Crippen LogP contribution < -0.4 is 5.32 Å². The number of halogens is 1. The summed E-state index contributed by atoms with van der Waals surface area (Å²) in [6.07, 6.45) is 3.64. The highest BCUT2D eigenvalue weighted by Gasteiger charge is 2.27. The van der Waals surface area contributed by atoms with E-state index in [-0.39, 0.29) is 22.1 Å². The third kappa shape index (κ3) is 5.49. The van der Waals surface area contributed by atoms with Gasteiger partial charge in [-0.05, 0) is 62.6 Å². The molecule has 1 N–H and O–H groups in total. The predicted molar refractivity (Wildman–Crippen MR) is 124 cm³/mol. The Bertz CT molecular complexity index is 1110. The Balaban J connectivity index is 1.88. The zero-order valence-electron chi connectivity index (χ0n) is 18.2. The molecule has 0 unspecified atom stereocenters. The van der Waals surface area contributed by atoms with Crippen molar-refractivity contribution >= 4 is 39.2 Å². The van der Waals surface area contributed by atoms with Crippen molar-refractivity contribution in [1.29, 1.82) is 0 Å². The number of sulfonamides is 1. The Morgan fingerprint density at radius 1 is 1.06 bits per heavy atom. The minimum Gasteiger partial charge on any atom is -0.462 e. The fourth-order valence-corrected chi connectivity index (χ4v) is 5.30. The van der Waals surface area contributed by atoms with Crippen LogP contribution in [0.5, 0.6) is 0 Å². The zero-order chi connectivity index (χ0) is 23.3. The third-order valence-corrected chi connectivity index (χ3v) is 7.61. The number of ether oxygens (including phenoxy) is 1. The van der Waals surface area contributed by atoms with Crippen LogP contribution in [0.15, 0.2) is 41.3 Å². The Hall–Kier alpha value is -2.42. The molecule has 9 heteroatoms. The van der Waals surface area contributed by atoms with Crippen molar-refractivity contribution in [2.45, 2.75) is 44.4 Å². The van der Waals surface area contributed by atoms with Gasteiger partial charge in [0.1, 0.15) is 0 Å². The van der Waals surface area contributed by atoms with E-state index >= 15 is 0 Å². The van der Waals surface area contributed by atoms with E-state index in [0.717, 1.165) is 31.2 Å². The summed E-state index contributed by atoms with van der Waals surface area (Å²) in [5, 5.41) is 2.87. The Morgan fingerprint density at radius 2 is 1.75 bits per heavy atom. The van der Waals surface area contributed by atoms with Gasteiger partial charge in [0.25, 0.3) is 5.91 Å². The molecule has 3 rings (SSSR count). The number of hydrogen-bond acceptors (Lipinski definition) is 5. The van der Waals surface area contributed by atoms with Gasteiger partial charge in [-0.1, -0.05) is 30.5 Å². The van der Waals surface area contributed by atoms with Crippen molar-refractivity contribution in [2.24, 2.45) is 0 Å². The highest BCUT2D eigenvalue weighted by molar-refractivity contribution is 7.89. The summed E-state index contributed by atoms with van der Waals surface area (Å²) in [6, 6.07) is 8.99. The van der Waals surface area contributed by atoms with Gasteiger partial charge in [0, 0.05) is 18.8 Å². The lowest BCUT2D eigenvalue weighted by atomic mass is 10.1. The monoisotopic (exact) mass is 478 g/mol. The van der Waals surface area contributed by atoms with Gasteiger partial charge in [-0.3, -0.25) is 4.79 Å². The number of nitrogens with zero attached hydrogens (tertiary/aromatic N) is 1. The normalized spacial score (nSPS) is 15.1. The first-order valence-electron chi connectivity index (χ1n) is 10.6. The Kier molecular flexibility index (Phi) is 7.92. The van der Waals surface area contributed by atoms with Gasteiger partial charge in [-0.25, -0.2) is 13.2 Å². The molecule has 0 aliphatic carbocycles. The number of nitrogens with one attached hydrogen (secondary N) is 1. The van der Waals surface area contributed by atoms with Crippen molar-refractivity contribution < 1.29 is 22.7 Å². The smallest absolute Gasteiger partial charge is 0.338 e. The third-order valence-electron chi connectivity index (χ3n) is 5.38. The molecule has 2 aromatic rings. The lowest BCUT2D eigenvalue weighted by molar-refractivity contribution is 0.0526. The van der Waals surface area contributed by atoms with Crippen LogP contribution in [0, 0.1) is 6.92 Å². The molecular weight excluding hydrogens is 452 g/mol. The van der Waals surface area contributed by atoms with Crippen LogP contribution in [0.2, 0.25) is 5.02 Å². The second kappa shape index (κ2) is 10.5. The molecule has 7 nitrogen and oxygen atoms in total. The van der Waals surface area contributed by atoms with Gasteiger partial charge in [0.05, 0.1) is 27.7 Å². The standard InChI is InChI=1S/C23H27ClN2O5S/c1-3-31-23(28)17-9-8-16(2)21(14-17)25-22(27)19-15-18(10-11-20(19)24)32(29,30)26-12-6-4-5-7-13-26/h8-11,14-15H,3-7,12-13H2,1-2H3,(H,25,27). The summed E-state index contributed by atoms with van der Waals surface area (Å²) in [5.41, 5.74) is 1.49. The fourth-order valence-electron chi connectivity index (χ4n) is 3.56. The van der Waals surface area contributed by atoms with Crippen LogP contribution >= 0.6 is 11.6 Å².